The first-order chi connectivity index (χ1) is 12.5. The van der Waals surface area contributed by atoms with Crippen LogP contribution in [0.25, 0.3) is 10.9 Å². The molecule has 134 valence electrons. The number of amides is 1. The van der Waals surface area contributed by atoms with Crippen molar-refractivity contribution in [2.45, 2.75) is 25.4 Å². The molecule has 1 amide bonds. The number of thioether (sulfide) groups is 1. The van der Waals surface area contributed by atoms with Crippen molar-refractivity contribution in [2.75, 3.05) is 5.75 Å². The number of fused-ring (bicyclic) bond motifs is 1. The van der Waals surface area contributed by atoms with Crippen LogP contribution in [0.1, 0.15) is 28.4 Å². The largest absolute Gasteiger partial charge is 0.348 e. The van der Waals surface area contributed by atoms with Crippen LogP contribution in [0.15, 0.2) is 47.5 Å². The third-order valence-electron chi connectivity index (χ3n) is 4.05. The second-order valence-corrected chi connectivity index (χ2v) is 7.05. The van der Waals surface area contributed by atoms with Crippen LogP contribution < -0.4 is 5.32 Å². The second-order valence-electron chi connectivity index (χ2n) is 5.79. The number of nitrogens with one attached hydrogen (secondary N) is 1. The van der Waals surface area contributed by atoms with Gasteiger partial charge in [0.1, 0.15) is 16.7 Å². The fraction of sp³-hybridized carbons (Fsp3) is 0.200. The standard InChI is InChI=1S/C20H18F2N2OS/c1-3-26-20-18(12(2)17-15(22)5-4-6-16(17)24-20)19(25)23-11-13-7-9-14(21)10-8-13/h4-10H,3,11H2,1-2H3,(H,23,25). The summed E-state index contributed by atoms with van der Waals surface area (Å²) in [5.41, 5.74) is 2.27. The molecule has 3 nitrogen and oxygen atoms in total. The summed E-state index contributed by atoms with van der Waals surface area (Å²) >= 11 is 1.44. The van der Waals surface area contributed by atoms with Crippen molar-refractivity contribution in [2.24, 2.45) is 0 Å². The lowest BCUT2D eigenvalue weighted by Gasteiger charge is -2.14. The highest BCUT2D eigenvalue weighted by Gasteiger charge is 2.20. The van der Waals surface area contributed by atoms with Gasteiger partial charge in [0.25, 0.3) is 5.91 Å². The van der Waals surface area contributed by atoms with Crippen LogP contribution >= 0.6 is 11.8 Å². The van der Waals surface area contributed by atoms with Crippen LogP contribution in [-0.2, 0) is 6.54 Å². The third kappa shape index (κ3) is 3.70. The number of halogens is 2. The Balaban J connectivity index is 1.97. The van der Waals surface area contributed by atoms with Crippen LogP contribution in [0.2, 0.25) is 0 Å². The van der Waals surface area contributed by atoms with Crippen molar-refractivity contribution in [3.63, 3.8) is 0 Å². The van der Waals surface area contributed by atoms with E-state index in [-0.39, 0.29) is 18.3 Å². The van der Waals surface area contributed by atoms with Gasteiger partial charge < -0.3 is 5.32 Å². The average molecular weight is 372 g/mol. The molecule has 0 unspecified atom stereocenters. The first kappa shape index (κ1) is 18.3. The highest BCUT2D eigenvalue weighted by atomic mass is 32.2. The molecule has 1 heterocycles. The molecule has 26 heavy (non-hydrogen) atoms. The fourth-order valence-electron chi connectivity index (χ4n) is 2.81. The lowest BCUT2D eigenvalue weighted by molar-refractivity contribution is 0.0947. The highest BCUT2D eigenvalue weighted by molar-refractivity contribution is 7.99. The van der Waals surface area contributed by atoms with E-state index in [1.807, 2.05) is 6.92 Å². The zero-order chi connectivity index (χ0) is 18.7. The number of aromatic nitrogens is 1. The molecule has 0 aliphatic heterocycles. The molecule has 3 rings (SSSR count). The topological polar surface area (TPSA) is 42.0 Å². The van der Waals surface area contributed by atoms with Gasteiger partial charge in [-0.3, -0.25) is 4.79 Å². The monoisotopic (exact) mass is 372 g/mol. The highest BCUT2D eigenvalue weighted by Crippen LogP contribution is 2.30. The maximum atomic E-state index is 14.3. The van der Waals surface area contributed by atoms with E-state index in [1.165, 1.54) is 30.0 Å². The average Bonchev–Trinajstić information content (AvgIpc) is 2.61. The van der Waals surface area contributed by atoms with Crippen molar-refractivity contribution in [3.8, 4) is 0 Å². The summed E-state index contributed by atoms with van der Waals surface area (Å²) < 4.78 is 27.3. The molecule has 0 aliphatic rings. The summed E-state index contributed by atoms with van der Waals surface area (Å²) in [6.45, 7) is 3.96. The van der Waals surface area contributed by atoms with Gasteiger partial charge in [0.05, 0.1) is 11.1 Å². The maximum absolute atomic E-state index is 14.3. The minimum atomic E-state index is -0.395. The van der Waals surface area contributed by atoms with Gasteiger partial charge in [0.15, 0.2) is 0 Å². The van der Waals surface area contributed by atoms with E-state index >= 15 is 0 Å². The molecule has 0 atom stereocenters. The molecule has 2 aromatic carbocycles. The molecule has 0 aliphatic carbocycles. The van der Waals surface area contributed by atoms with Gasteiger partial charge in [-0.15, -0.1) is 11.8 Å². The van der Waals surface area contributed by atoms with Gasteiger partial charge in [0.2, 0.25) is 0 Å². The smallest absolute Gasteiger partial charge is 0.254 e. The number of carbonyl (C=O) groups is 1. The molecule has 0 saturated heterocycles. The number of carbonyl (C=O) groups excluding carboxylic acids is 1. The second kappa shape index (κ2) is 7.83. The van der Waals surface area contributed by atoms with Crippen molar-refractivity contribution < 1.29 is 13.6 Å². The Morgan fingerprint density at radius 1 is 1.15 bits per heavy atom. The van der Waals surface area contributed by atoms with Crippen LogP contribution in [0.4, 0.5) is 8.78 Å². The number of aryl methyl sites for hydroxylation is 1. The number of hydrogen-bond donors (Lipinski definition) is 1. The van der Waals surface area contributed by atoms with Crippen molar-refractivity contribution >= 4 is 28.6 Å². The number of nitrogens with zero attached hydrogens (tertiary/aromatic N) is 1. The summed E-state index contributed by atoms with van der Waals surface area (Å²) in [5.74, 6) is -0.300. The quantitative estimate of drug-likeness (QED) is 0.650. The number of hydrogen-bond acceptors (Lipinski definition) is 3. The Labute approximate surface area is 154 Å². The number of rotatable bonds is 5. The van der Waals surface area contributed by atoms with Crippen LogP contribution in [-0.4, -0.2) is 16.6 Å². The predicted molar refractivity (Wildman–Crippen MR) is 100 cm³/mol. The maximum Gasteiger partial charge on any atom is 0.254 e. The minimum Gasteiger partial charge on any atom is -0.348 e. The Kier molecular flexibility index (Phi) is 5.52. The van der Waals surface area contributed by atoms with E-state index in [0.717, 1.165) is 11.3 Å². The molecule has 1 N–H and O–H groups in total. The Morgan fingerprint density at radius 3 is 2.58 bits per heavy atom. The summed E-state index contributed by atoms with van der Waals surface area (Å²) in [7, 11) is 0. The van der Waals surface area contributed by atoms with E-state index in [9.17, 15) is 13.6 Å². The Hall–Kier alpha value is -2.47. The normalized spacial score (nSPS) is 10.9. The molecule has 0 spiro atoms. The van der Waals surface area contributed by atoms with E-state index < -0.39 is 5.82 Å². The molecule has 0 bridgehead atoms. The van der Waals surface area contributed by atoms with Crippen molar-refractivity contribution in [3.05, 3.63) is 70.8 Å². The molecule has 1 aromatic heterocycles. The van der Waals surface area contributed by atoms with Gasteiger partial charge in [-0.1, -0.05) is 25.1 Å². The van der Waals surface area contributed by atoms with Crippen LogP contribution in [0, 0.1) is 18.6 Å². The first-order valence-corrected chi connectivity index (χ1v) is 9.24. The molecule has 0 saturated carbocycles. The third-order valence-corrected chi connectivity index (χ3v) is 4.91. The van der Waals surface area contributed by atoms with Crippen molar-refractivity contribution in [1.82, 2.24) is 10.3 Å². The summed E-state index contributed by atoms with van der Waals surface area (Å²) in [4.78, 5) is 17.3. The summed E-state index contributed by atoms with van der Waals surface area (Å²) in [5, 5.41) is 3.77. The van der Waals surface area contributed by atoms with E-state index in [2.05, 4.69) is 10.3 Å². The summed E-state index contributed by atoms with van der Waals surface area (Å²) in [6.07, 6.45) is 0. The molecule has 0 fully saturated rings. The SMILES string of the molecule is CCSc1nc2cccc(F)c2c(C)c1C(=O)NCc1ccc(F)cc1. The number of pyridine rings is 1. The lowest BCUT2D eigenvalue weighted by Crippen LogP contribution is -2.25. The molecular formula is C20H18F2N2OS. The van der Waals surface area contributed by atoms with Crippen molar-refractivity contribution in [1.29, 1.82) is 0 Å². The zero-order valence-electron chi connectivity index (χ0n) is 14.5. The zero-order valence-corrected chi connectivity index (χ0v) is 15.3. The molecular weight excluding hydrogens is 354 g/mol. The molecule has 6 heteroatoms. The van der Waals surface area contributed by atoms with Crippen LogP contribution in [0.5, 0.6) is 0 Å². The van der Waals surface area contributed by atoms with Gasteiger partial charge >= 0.3 is 0 Å². The molecule has 0 radical (unpaired) electrons. The van der Waals surface area contributed by atoms with Crippen LogP contribution in [0.3, 0.4) is 0 Å². The fourth-order valence-corrected chi connectivity index (χ4v) is 3.64. The van der Waals surface area contributed by atoms with Gasteiger partial charge in [-0.05, 0) is 48.1 Å². The van der Waals surface area contributed by atoms with Gasteiger partial charge in [0, 0.05) is 11.9 Å². The summed E-state index contributed by atoms with van der Waals surface area (Å²) in [6, 6.07) is 10.6. The van der Waals surface area contributed by atoms with Gasteiger partial charge in [-0.2, -0.15) is 0 Å². The predicted octanol–water partition coefficient (Wildman–Crippen LogP) is 4.86. The Morgan fingerprint density at radius 2 is 1.88 bits per heavy atom. The number of benzene rings is 2. The van der Waals surface area contributed by atoms with E-state index in [4.69, 9.17) is 0 Å². The van der Waals surface area contributed by atoms with Gasteiger partial charge in [-0.25, -0.2) is 13.8 Å². The molecule has 3 aromatic rings. The van der Waals surface area contributed by atoms with E-state index in [1.54, 1.807) is 31.2 Å². The Bertz CT molecular complexity index is 958. The first-order valence-electron chi connectivity index (χ1n) is 8.25. The lowest BCUT2D eigenvalue weighted by atomic mass is 10.0. The minimum absolute atomic E-state index is 0.254. The van der Waals surface area contributed by atoms with E-state index in [0.29, 0.717) is 27.1 Å².